The predicted molar refractivity (Wildman–Crippen MR) is 217 cm³/mol. The quantitative estimate of drug-likeness (QED) is 0.194. The standard InChI is InChI=1S/C46H56N4O8/c1-8-26-16-27-20-45(41(52)56-6,37-30(24-49(21-26)22-27)29-12-10-11-13-34(29)47-37)33-18-32-35(19-36(33)55-5)48(4)39-44(32)14-15-50-23-28-17-31(28)43(9-2,38(44)50)40(58-25(3)51)46(39,54)42(53)57-7/h10-13,16,18-19,27-28,31,38-40,47,54H,8-9,14-15,17,20-24H2,1-7H3/t27-,28-,31-,38+,39-,40-,43-,44-,45+,46+/m1/s1. The Balaban J connectivity index is 1.28. The Bertz CT molecular complexity index is 2290. The number of hydrogen-bond donors (Lipinski definition) is 2. The molecule has 0 radical (unpaired) electrons. The highest BCUT2D eigenvalue weighted by Crippen LogP contribution is 2.74. The number of ether oxygens (including phenoxy) is 4. The minimum absolute atomic E-state index is 0.0392. The summed E-state index contributed by atoms with van der Waals surface area (Å²) in [5, 5.41) is 14.5. The van der Waals surface area contributed by atoms with E-state index in [9.17, 15) is 14.7 Å². The van der Waals surface area contributed by atoms with Gasteiger partial charge in [-0.3, -0.25) is 19.4 Å². The number of methoxy groups -OCH3 is 3. The molecule has 2 N–H and O–H groups in total. The van der Waals surface area contributed by atoms with Crippen molar-refractivity contribution >= 4 is 34.5 Å². The van der Waals surface area contributed by atoms with Gasteiger partial charge in [0.15, 0.2) is 6.10 Å². The molecule has 2 saturated carbocycles. The molecule has 2 saturated heterocycles. The summed E-state index contributed by atoms with van der Waals surface area (Å²) in [5.74, 6) is -0.636. The monoisotopic (exact) mass is 792 g/mol. The van der Waals surface area contributed by atoms with Gasteiger partial charge in [0.05, 0.1) is 27.4 Å². The fourth-order valence-corrected chi connectivity index (χ4v) is 14.2. The van der Waals surface area contributed by atoms with Gasteiger partial charge in [-0.15, -0.1) is 0 Å². The van der Waals surface area contributed by atoms with Crippen LogP contribution in [0.1, 0.15) is 75.3 Å². The lowest BCUT2D eigenvalue weighted by Crippen LogP contribution is -2.82. The maximum absolute atomic E-state index is 15.2. The maximum atomic E-state index is 15.2. The first-order valence-electron chi connectivity index (χ1n) is 21.2. The number of para-hydroxylation sites is 1. The Labute approximate surface area is 339 Å². The van der Waals surface area contributed by atoms with Crippen LogP contribution in [0.5, 0.6) is 5.75 Å². The van der Waals surface area contributed by atoms with Crippen LogP contribution in [0.4, 0.5) is 5.69 Å². The van der Waals surface area contributed by atoms with Gasteiger partial charge in [0.1, 0.15) is 11.2 Å². The van der Waals surface area contributed by atoms with E-state index >= 15 is 4.79 Å². The number of benzene rings is 2. The number of aromatic amines is 1. The van der Waals surface area contributed by atoms with E-state index in [1.807, 2.05) is 30.1 Å². The summed E-state index contributed by atoms with van der Waals surface area (Å²) in [4.78, 5) is 53.7. The summed E-state index contributed by atoms with van der Waals surface area (Å²) in [6.07, 6.45) is 4.79. The zero-order valence-corrected chi connectivity index (χ0v) is 34.7. The number of aliphatic hydroxyl groups is 1. The number of carbonyl (C=O) groups is 3. The van der Waals surface area contributed by atoms with Crippen LogP contribution in [-0.2, 0) is 46.0 Å². The summed E-state index contributed by atoms with van der Waals surface area (Å²) in [7, 11) is 6.32. The molecule has 6 heterocycles. The third kappa shape index (κ3) is 4.54. The van der Waals surface area contributed by atoms with Crippen LogP contribution < -0.4 is 9.64 Å². The van der Waals surface area contributed by atoms with Gasteiger partial charge < -0.3 is 33.9 Å². The Hall–Kier alpha value is -4.39. The van der Waals surface area contributed by atoms with Crippen molar-refractivity contribution in [1.82, 2.24) is 14.8 Å². The highest BCUT2D eigenvalue weighted by molar-refractivity contribution is 5.95. The minimum Gasteiger partial charge on any atom is -0.496 e. The second-order valence-corrected chi connectivity index (χ2v) is 18.4. The first kappa shape index (κ1) is 37.9. The lowest BCUT2D eigenvalue weighted by Gasteiger charge is -2.65. The van der Waals surface area contributed by atoms with Crippen molar-refractivity contribution in [2.75, 3.05) is 59.5 Å². The number of esters is 3. The smallest absolute Gasteiger partial charge is 0.344 e. The third-order valence-electron chi connectivity index (χ3n) is 16.1. The van der Waals surface area contributed by atoms with E-state index < -0.39 is 45.9 Å². The van der Waals surface area contributed by atoms with Crippen molar-refractivity contribution in [1.29, 1.82) is 0 Å². The van der Waals surface area contributed by atoms with Crippen LogP contribution >= 0.6 is 0 Å². The van der Waals surface area contributed by atoms with Gasteiger partial charge in [0, 0.05) is 90.9 Å². The summed E-state index contributed by atoms with van der Waals surface area (Å²) < 4.78 is 24.2. The highest BCUT2D eigenvalue weighted by Gasteiger charge is 2.84. The number of rotatable bonds is 7. The maximum Gasteiger partial charge on any atom is 0.344 e. The molecule has 7 aliphatic rings. The third-order valence-corrected chi connectivity index (χ3v) is 16.1. The van der Waals surface area contributed by atoms with Crippen LogP contribution in [0.15, 0.2) is 48.0 Å². The Morgan fingerprint density at radius 3 is 2.47 bits per heavy atom. The molecule has 12 heteroatoms. The molecule has 1 unspecified atom stereocenters. The summed E-state index contributed by atoms with van der Waals surface area (Å²) in [6.45, 7) is 9.67. The van der Waals surface area contributed by atoms with Gasteiger partial charge in [0.2, 0.25) is 5.60 Å². The molecule has 0 amide bonds. The first-order chi connectivity index (χ1) is 27.9. The minimum atomic E-state index is -2.22. The largest absolute Gasteiger partial charge is 0.496 e. The van der Waals surface area contributed by atoms with E-state index in [2.05, 4.69) is 52.9 Å². The average Bonchev–Trinajstić information content (AvgIpc) is 3.70. The van der Waals surface area contributed by atoms with E-state index in [0.717, 1.165) is 72.4 Å². The molecule has 58 heavy (non-hydrogen) atoms. The second-order valence-electron chi connectivity index (χ2n) is 18.4. The fourth-order valence-electron chi connectivity index (χ4n) is 14.2. The van der Waals surface area contributed by atoms with E-state index in [1.54, 1.807) is 7.11 Å². The molecule has 11 atom stereocenters. The predicted octanol–water partition coefficient (Wildman–Crippen LogP) is 4.83. The molecule has 1 spiro atoms. The van der Waals surface area contributed by atoms with Gasteiger partial charge in [-0.1, -0.05) is 43.7 Å². The van der Waals surface area contributed by atoms with Crippen LogP contribution in [0.3, 0.4) is 0 Å². The molecule has 10 rings (SSSR count). The lowest BCUT2D eigenvalue weighted by molar-refractivity contribution is -0.245. The van der Waals surface area contributed by atoms with Crippen LogP contribution in [-0.4, -0.2) is 116 Å². The second kappa shape index (κ2) is 12.8. The molecule has 2 aliphatic carbocycles. The van der Waals surface area contributed by atoms with Crippen LogP contribution in [0, 0.1) is 23.2 Å². The van der Waals surface area contributed by atoms with Gasteiger partial charge in [-0.2, -0.15) is 0 Å². The van der Waals surface area contributed by atoms with Crippen molar-refractivity contribution in [3.8, 4) is 5.75 Å². The first-order valence-corrected chi connectivity index (χ1v) is 21.2. The Morgan fingerprint density at radius 2 is 1.76 bits per heavy atom. The molecule has 1 aromatic heterocycles. The number of likely N-dealkylation sites (N-methyl/N-ethyl adjacent to an activating group) is 1. The zero-order chi connectivity index (χ0) is 40.7. The van der Waals surface area contributed by atoms with Gasteiger partial charge in [-0.05, 0) is 79.7 Å². The lowest BCUT2D eigenvalue weighted by atomic mass is 9.46. The molecule has 2 aromatic carbocycles. The van der Waals surface area contributed by atoms with Crippen LogP contribution in [0.2, 0.25) is 0 Å². The molecule has 2 bridgehead atoms. The van der Waals surface area contributed by atoms with Crippen molar-refractivity contribution in [3.63, 3.8) is 0 Å². The van der Waals surface area contributed by atoms with Gasteiger partial charge in [0.25, 0.3) is 0 Å². The number of fused-ring (bicyclic) bond motifs is 8. The molecule has 308 valence electrons. The number of nitrogens with zero attached hydrogens (tertiary/aromatic N) is 3. The van der Waals surface area contributed by atoms with E-state index in [1.165, 1.54) is 26.7 Å². The number of anilines is 1. The average molecular weight is 793 g/mol. The highest BCUT2D eigenvalue weighted by atomic mass is 16.6. The molecule has 3 aromatic rings. The summed E-state index contributed by atoms with van der Waals surface area (Å²) >= 11 is 0. The summed E-state index contributed by atoms with van der Waals surface area (Å²) in [6, 6.07) is 11.4. The topological polar surface area (TPSA) is 134 Å². The molecular formula is C46H56N4O8. The normalized spacial score (nSPS) is 37.9. The number of hydrogen-bond acceptors (Lipinski definition) is 11. The van der Waals surface area contributed by atoms with Gasteiger partial charge >= 0.3 is 17.9 Å². The Kier molecular flexibility index (Phi) is 8.36. The SMILES string of the molecule is CCC1=C[C@H]2CN(C1)Cc1c([nH]c3ccccc13)[C@@](C(=O)OC)(c1cc3c(cc1OC)N(C)[C@H]1[C@@](O)(C(=O)OC)[C@H](OC(C)=O)[C@]4(CC)[C@@H]5C[C@@H]5CN5CC[C@]31[C@@H]54)C2. The van der Waals surface area contributed by atoms with Crippen molar-refractivity contribution in [2.24, 2.45) is 23.2 Å². The van der Waals surface area contributed by atoms with Gasteiger partial charge in [-0.25, -0.2) is 4.79 Å². The Morgan fingerprint density at radius 1 is 0.983 bits per heavy atom. The molecular weight excluding hydrogens is 737 g/mol. The fraction of sp³-hybridized carbons (Fsp3) is 0.587. The number of H-pyrrole nitrogens is 1. The zero-order valence-electron chi connectivity index (χ0n) is 34.7. The van der Waals surface area contributed by atoms with E-state index in [4.69, 9.17) is 18.9 Å². The summed E-state index contributed by atoms with van der Waals surface area (Å²) in [5.41, 5.74) is 1.56. The number of aromatic nitrogens is 1. The van der Waals surface area contributed by atoms with E-state index in [-0.39, 0.29) is 23.8 Å². The van der Waals surface area contributed by atoms with Crippen molar-refractivity contribution in [2.45, 2.75) is 94.0 Å². The molecule has 4 fully saturated rings. The molecule has 5 aliphatic heterocycles. The molecule has 12 nitrogen and oxygen atoms in total. The van der Waals surface area contributed by atoms with Crippen molar-refractivity contribution < 1.29 is 38.4 Å². The number of carbonyl (C=O) groups excluding carboxylic acids is 3. The van der Waals surface area contributed by atoms with Crippen LogP contribution in [0.25, 0.3) is 10.9 Å². The number of piperidine rings is 1. The van der Waals surface area contributed by atoms with E-state index in [0.29, 0.717) is 43.0 Å². The number of nitrogens with one attached hydrogen (secondary N) is 1. The van der Waals surface area contributed by atoms with Crippen molar-refractivity contribution in [3.05, 3.63) is 70.4 Å².